The number of amides is 1. The van der Waals surface area contributed by atoms with Crippen molar-refractivity contribution in [2.75, 3.05) is 13.2 Å². The van der Waals surface area contributed by atoms with Crippen LogP contribution in [0, 0.1) is 0 Å². The molecule has 6 heteroatoms. The van der Waals surface area contributed by atoms with Gasteiger partial charge in [0.05, 0.1) is 25.4 Å². The molecule has 3 N–H and O–H groups in total. The van der Waals surface area contributed by atoms with Crippen molar-refractivity contribution < 1.29 is 24.5 Å². The molecule has 0 saturated carbocycles. The number of nitrogens with one attached hydrogen (secondary N) is 1. The summed E-state index contributed by atoms with van der Waals surface area (Å²) >= 11 is 0. The molecule has 2 atom stereocenters. The molecule has 0 aliphatic rings. The first-order chi connectivity index (χ1) is 29.0. The maximum absolute atomic E-state index is 12.4. The summed E-state index contributed by atoms with van der Waals surface area (Å²) in [6.45, 7) is 4.77. The Hall–Kier alpha value is -1.92. The van der Waals surface area contributed by atoms with Crippen LogP contribution in [0.2, 0.25) is 0 Å². The number of hydrogen-bond acceptors (Lipinski definition) is 5. The molecule has 0 heterocycles. The molecule has 0 fully saturated rings. The number of esters is 1. The molecule has 0 aromatic carbocycles. The smallest absolute Gasteiger partial charge is 0.305 e. The van der Waals surface area contributed by atoms with E-state index in [1.165, 1.54) is 167 Å². The first-order valence-electron chi connectivity index (χ1n) is 25.8. The van der Waals surface area contributed by atoms with E-state index < -0.39 is 12.1 Å². The molecule has 1 amide bonds. The molecule has 0 radical (unpaired) electrons. The fraction of sp³-hybridized carbons (Fsp3) is 0.849. The number of carbonyl (C=O) groups is 2. The zero-order chi connectivity index (χ0) is 43.0. The van der Waals surface area contributed by atoms with Crippen molar-refractivity contribution in [2.24, 2.45) is 0 Å². The van der Waals surface area contributed by atoms with Gasteiger partial charge in [-0.2, -0.15) is 0 Å². The van der Waals surface area contributed by atoms with Gasteiger partial charge in [-0.15, -0.1) is 0 Å². The Kier molecular flexibility index (Phi) is 47.2. The predicted octanol–water partition coefficient (Wildman–Crippen LogP) is 15.3. The van der Waals surface area contributed by atoms with Gasteiger partial charge in [0.2, 0.25) is 5.91 Å². The first-order valence-corrected chi connectivity index (χ1v) is 25.8. The van der Waals surface area contributed by atoms with Crippen molar-refractivity contribution >= 4 is 11.9 Å². The molecule has 0 aromatic heterocycles. The van der Waals surface area contributed by atoms with Gasteiger partial charge < -0.3 is 20.3 Å². The minimum atomic E-state index is -0.876. The quantitative estimate of drug-likeness (QED) is 0.0323. The summed E-state index contributed by atoms with van der Waals surface area (Å²) in [5.41, 5.74) is 0. The zero-order valence-electron chi connectivity index (χ0n) is 39.2. The van der Waals surface area contributed by atoms with E-state index in [-0.39, 0.29) is 18.5 Å². The molecule has 0 aliphatic heterocycles. The van der Waals surface area contributed by atoms with Gasteiger partial charge in [-0.25, -0.2) is 0 Å². The lowest BCUT2D eigenvalue weighted by atomic mass is 10.0. The summed E-state index contributed by atoms with van der Waals surface area (Å²) in [6, 6.07) is -0.666. The van der Waals surface area contributed by atoms with Crippen molar-refractivity contribution in [1.82, 2.24) is 5.32 Å². The van der Waals surface area contributed by atoms with Gasteiger partial charge in [-0.3, -0.25) is 9.59 Å². The normalized spacial score (nSPS) is 12.9. The molecule has 346 valence electrons. The van der Waals surface area contributed by atoms with Crippen molar-refractivity contribution in [3.8, 4) is 0 Å². The Balaban J connectivity index is 3.59. The largest absolute Gasteiger partial charge is 0.466 e. The molecule has 0 spiro atoms. The van der Waals surface area contributed by atoms with Gasteiger partial charge in [0.25, 0.3) is 0 Å². The van der Waals surface area contributed by atoms with E-state index in [9.17, 15) is 19.8 Å². The van der Waals surface area contributed by atoms with Crippen LogP contribution in [0.1, 0.15) is 264 Å². The summed E-state index contributed by atoms with van der Waals surface area (Å²) in [5, 5.41) is 23.1. The average molecular weight is 830 g/mol. The molecule has 59 heavy (non-hydrogen) atoms. The first kappa shape index (κ1) is 57.1. The zero-order valence-corrected chi connectivity index (χ0v) is 39.2. The van der Waals surface area contributed by atoms with Crippen LogP contribution in [0.4, 0.5) is 0 Å². The highest BCUT2D eigenvalue weighted by atomic mass is 16.5. The Morgan fingerprint density at radius 3 is 1.29 bits per heavy atom. The Morgan fingerprint density at radius 1 is 0.458 bits per heavy atom. The molecule has 0 aromatic rings. The van der Waals surface area contributed by atoms with Crippen LogP contribution in [0.3, 0.4) is 0 Å². The van der Waals surface area contributed by atoms with Gasteiger partial charge in [0, 0.05) is 12.8 Å². The number of aliphatic hydroxyl groups excluding tert-OH is 2. The number of hydrogen-bond donors (Lipinski definition) is 3. The molecular weight excluding hydrogens is 731 g/mol. The second-order valence-electron chi connectivity index (χ2n) is 17.5. The van der Waals surface area contributed by atoms with E-state index in [4.69, 9.17) is 4.74 Å². The highest BCUT2D eigenvalue weighted by Crippen LogP contribution is 2.16. The third-order valence-electron chi connectivity index (χ3n) is 11.6. The standard InChI is InChI=1S/C53H99NO5/c1-3-5-7-9-11-13-15-16-17-18-19-20-21-22-23-24-25-27-29-33-37-41-45-51(56)50(49-55)54-52(57)46-42-38-34-30-28-32-36-40-44-48-59-53(58)47-43-39-35-31-26-14-12-10-8-6-4-2/h10,12,30,34,41,45,50-51,55-56H,3-9,11,13-29,31-33,35-40,42-44,46-49H2,1-2H3,(H,54,57)/b12-10-,34-30-,45-41+. The van der Waals surface area contributed by atoms with Crippen LogP contribution in [-0.2, 0) is 14.3 Å². The predicted molar refractivity (Wildman–Crippen MR) is 255 cm³/mol. The number of ether oxygens (including phenoxy) is 1. The third kappa shape index (κ3) is 45.4. The number of aliphatic hydroxyl groups is 2. The van der Waals surface area contributed by atoms with Gasteiger partial charge >= 0.3 is 5.97 Å². The summed E-state index contributed by atoms with van der Waals surface area (Å²) in [4.78, 5) is 24.4. The number of rotatable bonds is 47. The van der Waals surface area contributed by atoms with Crippen molar-refractivity contribution in [3.05, 3.63) is 36.5 Å². The van der Waals surface area contributed by atoms with Crippen molar-refractivity contribution in [1.29, 1.82) is 0 Å². The summed E-state index contributed by atoms with van der Waals surface area (Å²) in [6.07, 6.45) is 58.7. The lowest BCUT2D eigenvalue weighted by Gasteiger charge is -2.19. The highest BCUT2D eigenvalue weighted by molar-refractivity contribution is 5.76. The molecular formula is C53H99NO5. The van der Waals surface area contributed by atoms with Gasteiger partial charge in [0.15, 0.2) is 0 Å². The lowest BCUT2D eigenvalue weighted by molar-refractivity contribution is -0.143. The van der Waals surface area contributed by atoms with E-state index in [0.717, 1.165) is 70.6 Å². The SMILES string of the molecule is CCCC/C=C\CCCCCCCC(=O)OCCCCCC/C=C\CCCC(=O)NC(CO)C(O)/C=C/CCCCCCCCCCCCCCCCCCCCCC. The fourth-order valence-corrected chi connectivity index (χ4v) is 7.62. The van der Waals surface area contributed by atoms with Crippen LogP contribution in [0.25, 0.3) is 0 Å². The maximum Gasteiger partial charge on any atom is 0.305 e. The van der Waals surface area contributed by atoms with Crippen LogP contribution >= 0.6 is 0 Å². The number of allylic oxidation sites excluding steroid dienone is 5. The van der Waals surface area contributed by atoms with Crippen LogP contribution in [-0.4, -0.2) is 47.4 Å². The molecule has 0 bridgehead atoms. The van der Waals surface area contributed by atoms with Crippen molar-refractivity contribution in [2.45, 2.75) is 276 Å². The lowest BCUT2D eigenvalue weighted by Crippen LogP contribution is -2.45. The number of carbonyl (C=O) groups excluding carboxylic acids is 2. The fourth-order valence-electron chi connectivity index (χ4n) is 7.62. The van der Waals surface area contributed by atoms with Crippen LogP contribution in [0.5, 0.6) is 0 Å². The molecule has 0 rings (SSSR count). The maximum atomic E-state index is 12.4. The second kappa shape index (κ2) is 48.7. The van der Waals surface area contributed by atoms with E-state index >= 15 is 0 Å². The van der Waals surface area contributed by atoms with Crippen molar-refractivity contribution in [3.63, 3.8) is 0 Å². The molecule has 0 aliphatic carbocycles. The van der Waals surface area contributed by atoms with E-state index in [0.29, 0.717) is 19.4 Å². The van der Waals surface area contributed by atoms with Crippen LogP contribution in [0.15, 0.2) is 36.5 Å². The summed E-state index contributed by atoms with van der Waals surface area (Å²) in [5.74, 6) is -0.178. The Bertz CT molecular complexity index is 962. The minimum absolute atomic E-state index is 0.0493. The van der Waals surface area contributed by atoms with E-state index in [1.807, 2.05) is 6.08 Å². The summed E-state index contributed by atoms with van der Waals surface area (Å²) < 4.78 is 5.41. The number of unbranched alkanes of at least 4 members (excludes halogenated alkanes) is 32. The van der Waals surface area contributed by atoms with Gasteiger partial charge in [-0.1, -0.05) is 217 Å². The van der Waals surface area contributed by atoms with Gasteiger partial charge in [0.1, 0.15) is 0 Å². The Morgan fingerprint density at radius 2 is 0.831 bits per heavy atom. The highest BCUT2D eigenvalue weighted by Gasteiger charge is 2.17. The van der Waals surface area contributed by atoms with Gasteiger partial charge in [-0.05, 0) is 70.6 Å². The second-order valence-corrected chi connectivity index (χ2v) is 17.5. The monoisotopic (exact) mass is 830 g/mol. The minimum Gasteiger partial charge on any atom is -0.466 e. The van der Waals surface area contributed by atoms with Crippen LogP contribution < -0.4 is 5.32 Å². The molecule has 6 nitrogen and oxygen atoms in total. The topological polar surface area (TPSA) is 95.9 Å². The Labute approximate surface area is 366 Å². The molecule has 2 unspecified atom stereocenters. The third-order valence-corrected chi connectivity index (χ3v) is 11.6. The van der Waals surface area contributed by atoms with E-state index in [1.54, 1.807) is 6.08 Å². The summed E-state index contributed by atoms with van der Waals surface area (Å²) in [7, 11) is 0. The van der Waals surface area contributed by atoms with E-state index in [2.05, 4.69) is 43.5 Å². The molecule has 0 saturated heterocycles. The average Bonchev–Trinajstić information content (AvgIpc) is 3.24.